The summed E-state index contributed by atoms with van der Waals surface area (Å²) in [6.45, 7) is 1.14. The number of sulfonamides is 1. The number of hydrazine groups is 1. The number of amides is 2. The third-order valence-corrected chi connectivity index (χ3v) is 6.78. The van der Waals surface area contributed by atoms with E-state index >= 15 is 0 Å². The van der Waals surface area contributed by atoms with Crippen molar-refractivity contribution in [1.82, 2.24) is 15.2 Å². The number of rotatable bonds is 6. The highest BCUT2D eigenvalue weighted by Gasteiger charge is 2.25. The topological polar surface area (TPSA) is 95.6 Å². The van der Waals surface area contributed by atoms with Crippen LogP contribution in [-0.4, -0.2) is 37.6 Å². The van der Waals surface area contributed by atoms with Crippen LogP contribution in [0.2, 0.25) is 0 Å². The molecule has 1 fully saturated rings. The van der Waals surface area contributed by atoms with E-state index in [9.17, 15) is 18.0 Å². The van der Waals surface area contributed by atoms with E-state index in [0.717, 1.165) is 24.8 Å². The molecule has 8 heteroatoms. The second kappa shape index (κ2) is 9.67. The summed E-state index contributed by atoms with van der Waals surface area (Å²) in [6, 6.07) is 15.2. The lowest BCUT2D eigenvalue weighted by atomic mass is 10.1. The number of benzene rings is 2. The Kier molecular flexibility index (Phi) is 7.00. The molecule has 2 aromatic rings. The Morgan fingerprint density at radius 3 is 2.17 bits per heavy atom. The number of nitrogens with one attached hydrogen (secondary N) is 2. The first-order valence-electron chi connectivity index (χ1n) is 9.70. The van der Waals surface area contributed by atoms with Crippen LogP contribution < -0.4 is 10.9 Å². The lowest BCUT2D eigenvalue weighted by Crippen LogP contribution is -2.41. The Bertz CT molecular complexity index is 938. The minimum Gasteiger partial charge on any atom is -0.273 e. The van der Waals surface area contributed by atoms with Gasteiger partial charge in [-0.1, -0.05) is 36.8 Å². The molecule has 1 aliphatic rings. The van der Waals surface area contributed by atoms with Crippen molar-refractivity contribution < 1.29 is 18.0 Å². The number of hydrogen-bond donors (Lipinski definition) is 2. The van der Waals surface area contributed by atoms with Gasteiger partial charge in [-0.05, 0) is 49.1 Å². The molecule has 2 amide bonds. The van der Waals surface area contributed by atoms with E-state index in [-0.39, 0.29) is 23.1 Å². The number of aryl methyl sites for hydroxylation is 1. The molecule has 1 heterocycles. The second-order valence-corrected chi connectivity index (χ2v) is 8.91. The van der Waals surface area contributed by atoms with Gasteiger partial charge in [-0.25, -0.2) is 8.42 Å². The average molecular weight is 416 g/mol. The van der Waals surface area contributed by atoms with Crippen LogP contribution >= 0.6 is 0 Å². The standard InChI is InChI=1S/C21H25N3O4S/c25-20(22-23-21(26)18-7-3-1-4-8-18)14-11-17-9-12-19(13-10-17)29(27,28)24-15-5-2-6-16-24/h1,3-4,7-10,12-13H,2,5-6,11,14-16H2,(H,22,25)(H,23,26). The zero-order valence-corrected chi connectivity index (χ0v) is 17.0. The van der Waals surface area contributed by atoms with Crippen molar-refractivity contribution in [3.8, 4) is 0 Å². The maximum atomic E-state index is 12.7. The summed E-state index contributed by atoms with van der Waals surface area (Å²) in [5, 5.41) is 0. The maximum absolute atomic E-state index is 12.7. The molecule has 0 saturated carbocycles. The number of carbonyl (C=O) groups is 2. The van der Waals surface area contributed by atoms with Gasteiger partial charge in [0.25, 0.3) is 5.91 Å². The van der Waals surface area contributed by atoms with Gasteiger partial charge in [-0.2, -0.15) is 4.31 Å². The molecule has 7 nitrogen and oxygen atoms in total. The zero-order chi connectivity index (χ0) is 20.7. The highest BCUT2D eigenvalue weighted by molar-refractivity contribution is 7.89. The van der Waals surface area contributed by atoms with E-state index in [1.165, 1.54) is 4.31 Å². The third kappa shape index (κ3) is 5.65. The fraction of sp³-hybridized carbons (Fsp3) is 0.333. The summed E-state index contributed by atoms with van der Waals surface area (Å²) < 4.78 is 26.8. The van der Waals surface area contributed by atoms with Gasteiger partial charge < -0.3 is 0 Å². The normalized spacial score (nSPS) is 14.9. The Morgan fingerprint density at radius 1 is 0.862 bits per heavy atom. The highest BCUT2D eigenvalue weighted by Crippen LogP contribution is 2.21. The van der Waals surface area contributed by atoms with Gasteiger partial charge in [0, 0.05) is 25.1 Å². The molecule has 2 aromatic carbocycles. The molecule has 0 spiro atoms. The Morgan fingerprint density at radius 2 is 1.52 bits per heavy atom. The van der Waals surface area contributed by atoms with Gasteiger partial charge in [0.2, 0.25) is 15.9 Å². The first-order chi connectivity index (χ1) is 14.0. The third-order valence-electron chi connectivity index (χ3n) is 4.87. The molecule has 1 aliphatic heterocycles. The summed E-state index contributed by atoms with van der Waals surface area (Å²) in [5.41, 5.74) is 6.08. The Labute approximate surface area is 171 Å². The molecule has 154 valence electrons. The maximum Gasteiger partial charge on any atom is 0.269 e. The molecule has 3 rings (SSSR count). The highest BCUT2D eigenvalue weighted by atomic mass is 32.2. The summed E-state index contributed by atoms with van der Waals surface area (Å²) in [6.07, 6.45) is 3.48. The van der Waals surface area contributed by atoms with Crippen LogP contribution in [-0.2, 0) is 21.2 Å². The number of hydrogen-bond acceptors (Lipinski definition) is 4. The molecule has 0 unspecified atom stereocenters. The molecular formula is C21H25N3O4S. The Balaban J connectivity index is 1.48. The monoisotopic (exact) mass is 415 g/mol. The van der Waals surface area contributed by atoms with Gasteiger partial charge >= 0.3 is 0 Å². The largest absolute Gasteiger partial charge is 0.273 e. The molecule has 1 saturated heterocycles. The van der Waals surface area contributed by atoms with E-state index < -0.39 is 10.0 Å². The van der Waals surface area contributed by atoms with E-state index in [0.29, 0.717) is 25.1 Å². The van der Waals surface area contributed by atoms with E-state index in [1.807, 2.05) is 0 Å². The summed E-state index contributed by atoms with van der Waals surface area (Å²) >= 11 is 0. The molecule has 0 radical (unpaired) electrons. The van der Waals surface area contributed by atoms with E-state index in [1.54, 1.807) is 54.6 Å². The smallest absolute Gasteiger partial charge is 0.269 e. The van der Waals surface area contributed by atoms with Gasteiger partial charge in [0.15, 0.2) is 0 Å². The molecule has 2 N–H and O–H groups in total. The predicted octanol–water partition coefficient (Wildman–Crippen LogP) is 2.25. The van der Waals surface area contributed by atoms with E-state index in [4.69, 9.17) is 0 Å². The minimum absolute atomic E-state index is 0.174. The van der Waals surface area contributed by atoms with Gasteiger partial charge in [-0.15, -0.1) is 0 Å². The van der Waals surface area contributed by atoms with Crippen molar-refractivity contribution in [1.29, 1.82) is 0 Å². The minimum atomic E-state index is -3.45. The number of piperidine rings is 1. The van der Waals surface area contributed by atoms with Crippen LogP contribution in [0.15, 0.2) is 59.5 Å². The van der Waals surface area contributed by atoms with Gasteiger partial charge in [0.1, 0.15) is 0 Å². The summed E-state index contributed by atoms with van der Waals surface area (Å²) in [5.74, 6) is -0.703. The molecule has 0 aromatic heterocycles. The van der Waals surface area contributed by atoms with Crippen LogP contribution in [0.4, 0.5) is 0 Å². The summed E-state index contributed by atoms with van der Waals surface area (Å²) in [7, 11) is -3.45. The van der Waals surface area contributed by atoms with Crippen molar-refractivity contribution in [2.75, 3.05) is 13.1 Å². The van der Waals surface area contributed by atoms with Crippen LogP contribution in [0, 0.1) is 0 Å². The van der Waals surface area contributed by atoms with Crippen LogP contribution in [0.3, 0.4) is 0 Å². The van der Waals surface area contributed by atoms with Crippen LogP contribution in [0.25, 0.3) is 0 Å². The van der Waals surface area contributed by atoms with Crippen molar-refractivity contribution in [3.63, 3.8) is 0 Å². The predicted molar refractivity (Wildman–Crippen MR) is 109 cm³/mol. The lowest BCUT2D eigenvalue weighted by molar-refractivity contribution is -0.121. The molecule has 0 atom stereocenters. The van der Waals surface area contributed by atoms with Crippen molar-refractivity contribution in [2.45, 2.75) is 37.0 Å². The lowest BCUT2D eigenvalue weighted by Gasteiger charge is -2.25. The average Bonchev–Trinajstić information content (AvgIpc) is 2.77. The van der Waals surface area contributed by atoms with Crippen LogP contribution in [0.5, 0.6) is 0 Å². The quantitative estimate of drug-likeness (QED) is 0.708. The van der Waals surface area contributed by atoms with Crippen LogP contribution in [0.1, 0.15) is 41.6 Å². The fourth-order valence-corrected chi connectivity index (χ4v) is 4.71. The Hall–Kier alpha value is -2.71. The molecule has 0 aliphatic carbocycles. The first-order valence-corrected chi connectivity index (χ1v) is 11.1. The van der Waals surface area contributed by atoms with E-state index in [2.05, 4.69) is 10.9 Å². The first kappa shape index (κ1) is 21.0. The SMILES string of the molecule is O=C(CCc1ccc(S(=O)(=O)N2CCCCC2)cc1)NNC(=O)c1ccccc1. The summed E-state index contributed by atoms with van der Waals surface area (Å²) in [4.78, 5) is 24.1. The van der Waals surface area contributed by atoms with Crippen molar-refractivity contribution >= 4 is 21.8 Å². The second-order valence-electron chi connectivity index (χ2n) is 6.98. The van der Waals surface area contributed by atoms with Gasteiger partial charge in [0.05, 0.1) is 4.90 Å². The van der Waals surface area contributed by atoms with Crippen molar-refractivity contribution in [3.05, 3.63) is 65.7 Å². The zero-order valence-electron chi connectivity index (χ0n) is 16.1. The van der Waals surface area contributed by atoms with Gasteiger partial charge in [-0.3, -0.25) is 20.4 Å². The fourth-order valence-electron chi connectivity index (χ4n) is 3.19. The number of nitrogens with zero attached hydrogens (tertiary/aromatic N) is 1. The molecule has 0 bridgehead atoms. The molecule has 29 heavy (non-hydrogen) atoms. The van der Waals surface area contributed by atoms with Crippen molar-refractivity contribution in [2.24, 2.45) is 0 Å². The number of carbonyl (C=O) groups excluding carboxylic acids is 2. The molecular weight excluding hydrogens is 390 g/mol.